The molecule has 0 fully saturated rings. The van der Waals surface area contributed by atoms with Crippen LogP contribution < -0.4 is 15.2 Å². The van der Waals surface area contributed by atoms with E-state index in [1.807, 2.05) is 0 Å². The predicted octanol–water partition coefficient (Wildman–Crippen LogP) is 1.99. The van der Waals surface area contributed by atoms with Crippen molar-refractivity contribution in [3.05, 3.63) is 22.5 Å². The average Bonchev–Trinajstić information content (AvgIpc) is 2.34. The van der Waals surface area contributed by atoms with Crippen LogP contribution in [-0.4, -0.2) is 26.5 Å². The van der Waals surface area contributed by atoms with Crippen LogP contribution in [0.5, 0.6) is 11.5 Å². The van der Waals surface area contributed by atoms with E-state index in [1.165, 1.54) is 14.2 Å². The largest absolute Gasteiger partial charge is 0.496 e. The fraction of sp³-hybridized carbons (Fsp3) is 0.462. The number of hydrogen-bond donors (Lipinski definition) is 1. The Kier molecular flexibility index (Phi) is 4.67. The van der Waals surface area contributed by atoms with Crippen molar-refractivity contribution in [2.24, 2.45) is 5.73 Å². The first-order valence-corrected chi connectivity index (χ1v) is 5.63. The van der Waals surface area contributed by atoms with E-state index in [0.29, 0.717) is 11.1 Å². The van der Waals surface area contributed by atoms with Crippen LogP contribution in [0.4, 0.5) is 4.39 Å². The van der Waals surface area contributed by atoms with Crippen molar-refractivity contribution in [1.29, 1.82) is 0 Å². The minimum atomic E-state index is -0.504. The average molecular weight is 255 g/mol. The van der Waals surface area contributed by atoms with E-state index in [9.17, 15) is 9.18 Å². The standard InChI is InChI=1S/C13H18FNO3/c1-7-10(9(16)5-6-15)12(17-3)8(2)11(14)13(7)18-4/h5-6,15H2,1-4H3. The minimum Gasteiger partial charge on any atom is -0.496 e. The molecular formula is C13H18FNO3. The molecule has 2 N–H and O–H groups in total. The highest BCUT2D eigenvalue weighted by Crippen LogP contribution is 2.37. The van der Waals surface area contributed by atoms with Gasteiger partial charge < -0.3 is 15.2 Å². The molecule has 0 saturated carbocycles. The lowest BCUT2D eigenvalue weighted by Crippen LogP contribution is -2.13. The molecule has 0 aromatic heterocycles. The van der Waals surface area contributed by atoms with Crippen LogP contribution >= 0.6 is 0 Å². The van der Waals surface area contributed by atoms with E-state index in [1.54, 1.807) is 13.8 Å². The number of ketones is 1. The molecule has 1 rings (SSSR count). The number of methoxy groups -OCH3 is 2. The fourth-order valence-corrected chi connectivity index (χ4v) is 2.00. The molecule has 0 amide bonds. The number of halogens is 1. The Morgan fingerprint density at radius 1 is 1.17 bits per heavy atom. The van der Waals surface area contributed by atoms with E-state index in [0.717, 1.165) is 0 Å². The normalized spacial score (nSPS) is 10.3. The molecule has 4 nitrogen and oxygen atoms in total. The third-order valence-electron chi connectivity index (χ3n) is 2.87. The zero-order valence-corrected chi connectivity index (χ0v) is 11.1. The predicted molar refractivity (Wildman–Crippen MR) is 67.0 cm³/mol. The lowest BCUT2D eigenvalue weighted by molar-refractivity contribution is 0.0981. The summed E-state index contributed by atoms with van der Waals surface area (Å²) in [4.78, 5) is 12.0. The van der Waals surface area contributed by atoms with E-state index in [2.05, 4.69) is 0 Å². The second-order valence-corrected chi connectivity index (χ2v) is 3.97. The number of carbonyl (C=O) groups is 1. The first kappa shape index (κ1) is 14.4. The number of rotatable bonds is 5. The smallest absolute Gasteiger partial charge is 0.171 e. The Balaban J connectivity index is 3.56. The summed E-state index contributed by atoms with van der Waals surface area (Å²) in [5, 5.41) is 0. The molecule has 1 aromatic rings. The summed E-state index contributed by atoms with van der Waals surface area (Å²) < 4.78 is 24.2. The highest BCUT2D eigenvalue weighted by atomic mass is 19.1. The van der Waals surface area contributed by atoms with Gasteiger partial charge in [0, 0.05) is 17.5 Å². The summed E-state index contributed by atoms with van der Waals surface area (Å²) in [5.41, 5.74) is 6.43. The summed E-state index contributed by atoms with van der Waals surface area (Å²) in [6.45, 7) is 3.42. The highest BCUT2D eigenvalue weighted by molar-refractivity contribution is 6.01. The summed E-state index contributed by atoms with van der Waals surface area (Å²) in [5.74, 6) is -0.345. The molecule has 0 radical (unpaired) electrons. The van der Waals surface area contributed by atoms with Gasteiger partial charge in [0.2, 0.25) is 0 Å². The summed E-state index contributed by atoms with van der Waals surface area (Å²) in [7, 11) is 2.78. The maximum Gasteiger partial charge on any atom is 0.171 e. The van der Waals surface area contributed by atoms with Gasteiger partial charge in [-0.3, -0.25) is 4.79 Å². The van der Waals surface area contributed by atoms with E-state index >= 15 is 0 Å². The Morgan fingerprint density at radius 2 is 1.72 bits per heavy atom. The van der Waals surface area contributed by atoms with Crippen LogP contribution in [-0.2, 0) is 0 Å². The second kappa shape index (κ2) is 5.82. The Hall–Kier alpha value is -1.62. The third kappa shape index (κ3) is 2.31. The van der Waals surface area contributed by atoms with Crippen LogP contribution in [0.2, 0.25) is 0 Å². The number of ether oxygens (including phenoxy) is 2. The summed E-state index contributed by atoms with van der Waals surface area (Å²) in [6.07, 6.45) is 0.186. The molecule has 0 spiro atoms. The lowest BCUT2D eigenvalue weighted by Gasteiger charge is -2.17. The van der Waals surface area contributed by atoms with Gasteiger partial charge >= 0.3 is 0 Å². The van der Waals surface area contributed by atoms with Gasteiger partial charge in [-0.15, -0.1) is 0 Å². The van der Waals surface area contributed by atoms with Gasteiger partial charge in [-0.1, -0.05) is 0 Å². The maximum atomic E-state index is 14.0. The van der Waals surface area contributed by atoms with Crippen molar-refractivity contribution >= 4 is 5.78 Å². The van der Waals surface area contributed by atoms with E-state index < -0.39 is 5.82 Å². The summed E-state index contributed by atoms with van der Waals surface area (Å²) >= 11 is 0. The third-order valence-corrected chi connectivity index (χ3v) is 2.87. The van der Waals surface area contributed by atoms with Crippen molar-refractivity contribution in [1.82, 2.24) is 0 Å². The Morgan fingerprint density at radius 3 is 2.17 bits per heavy atom. The van der Waals surface area contributed by atoms with Crippen molar-refractivity contribution in [2.75, 3.05) is 20.8 Å². The van der Waals surface area contributed by atoms with Crippen molar-refractivity contribution in [3.63, 3.8) is 0 Å². The van der Waals surface area contributed by atoms with Crippen LogP contribution in [0.1, 0.15) is 27.9 Å². The van der Waals surface area contributed by atoms with Crippen LogP contribution in [0.25, 0.3) is 0 Å². The molecule has 1 aromatic carbocycles. The van der Waals surface area contributed by atoms with Crippen molar-refractivity contribution < 1.29 is 18.7 Å². The molecule has 0 unspecified atom stereocenters. The monoisotopic (exact) mass is 255 g/mol. The van der Waals surface area contributed by atoms with Gasteiger partial charge in [0.25, 0.3) is 0 Å². The maximum absolute atomic E-state index is 14.0. The van der Waals surface area contributed by atoms with Crippen LogP contribution in [0.15, 0.2) is 0 Å². The molecule has 0 saturated heterocycles. The molecule has 100 valence electrons. The van der Waals surface area contributed by atoms with Gasteiger partial charge in [-0.05, 0) is 20.4 Å². The molecule has 0 atom stereocenters. The van der Waals surface area contributed by atoms with Gasteiger partial charge in [0.05, 0.1) is 19.8 Å². The number of hydrogen-bond acceptors (Lipinski definition) is 4. The van der Waals surface area contributed by atoms with Crippen molar-refractivity contribution in [2.45, 2.75) is 20.3 Å². The van der Waals surface area contributed by atoms with E-state index in [-0.39, 0.29) is 35.8 Å². The highest BCUT2D eigenvalue weighted by Gasteiger charge is 2.24. The molecule has 0 bridgehead atoms. The Bertz CT molecular complexity index is 472. The van der Waals surface area contributed by atoms with Crippen LogP contribution in [0, 0.1) is 19.7 Å². The molecular weight excluding hydrogens is 237 g/mol. The van der Waals surface area contributed by atoms with Gasteiger partial charge in [-0.25, -0.2) is 4.39 Å². The van der Waals surface area contributed by atoms with Gasteiger partial charge in [0.1, 0.15) is 5.75 Å². The molecule has 0 aliphatic heterocycles. The lowest BCUT2D eigenvalue weighted by atomic mass is 9.97. The zero-order valence-electron chi connectivity index (χ0n) is 11.1. The van der Waals surface area contributed by atoms with Crippen molar-refractivity contribution in [3.8, 4) is 11.5 Å². The zero-order chi connectivity index (χ0) is 13.9. The minimum absolute atomic E-state index is 0.0775. The quantitative estimate of drug-likeness (QED) is 0.817. The molecule has 5 heteroatoms. The first-order chi connectivity index (χ1) is 8.49. The first-order valence-electron chi connectivity index (χ1n) is 5.63. The molecule has 0 heterocycles. The van der Waals surface area contributed by atoms with Gasteiger partial charge in [0.15, 0.2) is 17.3 Å². The number of nitrogens with two attached hydrogens (primary N) is 1. The van der Waals surface area contributed by atoms with Gasteiger partial charge in [-0.2, -0.15) is 0 Å². The fourth-order valence-electron chi connectivity index (χ4n) is 2.00. The molecule has 18 heavy (non-hydrogen) atoms. The summed E-state index contributed by atoms with van der Waals surface area (Å²) in [6, 6.07) is 0. The number of benzene rings is 1. The number of Topliss-reactive ketones (excluding diaryl/α,β-unsaturated/α-hetero) is 1. The Labute approximate surface area is 106 Å². The second-order valence-electron chi connectivity index (χ2n) is 3.97. The molecule has 0 aliphatic carbocycles. The van der Waals surface area contributed by atoms with E-state index in [4.69, 9.17) is 15.2 Å². The SMILES string of the molecule is COc1c(C)c(C(=O)CCN)c(OC)c(C)c1F. The number of carbonyl (C=O) groups excluding carboxylic acids is 1. The topological polar surface area (TPSA) is 61.5 Å². The van der Waals surface area contributed by atoms with Crippen LogP contribution in [0.3, 0.4) is 0 Å². The molecule has 0 aliphatic rings.